The SMILES string of the molecule is CCCC(NC(CC)CC)c1cccc(OCC[C@]23CCC4C(CCC5CCOC[C@@]54C)C2CCC3O)c1. The van der Waals surface area contributed by atoms with Gasteiger partial charge in [0.1, 0.15) is 5.75 Å². The molecule has 4 fully saturated rings. The van der Waals surface area contributed by atoms with Gasteiger partial charge in [-0.3, -0.25) is 0 Å². The molecule has 1 aliphatic heterocycles. The summed E-state index contributed by atoms with van der Waals surface area (Å²) < 4.78 is 12.5. The van der Waals surface area contributed by atoms with E-state index in [1.165, 1.54) is 44.1 Å². The Hall–Kier alpha value is -1.10. The fraction of sp³-hybridized carbons (Fsp3) is 0.824. The third-order valence-electron chi connectivity index (χ3n) is 11.9. The van der Waals surface area contributed by atoms with Gasteiger partial charge in [0.05, 0.1) is 19.3 Å². The lowest BCUT2D eigenvalue weighted by atomic mass is 9.46. The minimum absolute atomic E-state index is 0.0409. The van der Waals surface area contributed by atoms with Crippen LogP contribution in [0.15, 0.2) is 24.3 Å². The van der Waals surface area contributed by atoms with Gasteiger partial charge in [-0.2, -0.15) is 0 Å². The summed E-state index contributed by atoms with van der Waals surface area (Å²) in [7, 11) is 0. The van der Waals surface area contributed by atoms with Gasteiger partial charge in [0.2, 0.25) is 0 Å². The van der Waals surface area contributed by atoms with Gasteiger partial charge < -0.3 is 19.9 Å². The second-order valence-corrected chi connectivity index (χ2v) is 13.6. The van der Waals surface area contributed by atoms with Gasteiger partial charge in [-0.05, 0) is 117 Å². The largest absolute Gasteiger partial charge is 0.494 e. The first-order chi connectivity index (χ1) is 18.4. The predicted molar refractivity (Wildman–Crippen MR) is 155 cm³/mol. The molecule has 6 unspecified atom stereocenters. The molecule has 0 spiro atoms. The molecule has 214 valence electrons. The Morgan fingerprint density at radius 2 is 1.89 bits per heavy atom. The Morgan fingerprint density at radius 1 is 1.05 bits per heavy atom. The maximum Gasteiger partial charge on any atom is 0.119 e. The number of aliphatic hydroxyl groups is 1. The fourth-order valence-corrected chi connectivity index (χ4v) is 9.64. The van der Waals surface area contributed by atoms with Crippen molar-refractivity contribution in [3.8, 4) is 5.75 Å². The van der Waals surface area contributed by atoms with Crippen molar-refractivity contribution < 1.29 is 14.6 Å². The maximum atomic E-state index is 11.4. The van der Waals surface area contributed by atoms with E-state index in [9.17, 15) is 5.11 Å². The second kappa shape index (κ2) is 12.2. The smallest absolute Gasteiger partial charge is 0.119 e. The molecule has 4 aliphatic rings. The van der Waals surface area contributed by atoms with Crippen LogP contribution >= 0.6 is 0 Å². The van der Waals surface area contributed by atoms with Crippen molar-refractivity contribution >= 4 is 0 Å². The fourth-order valence-electron chi connectivity index (χ4n) is 9.64. The van der Waals surface area contributed by atoms with Gasteiger partial charge >= 0.3 is 0 Å². The van der Waals surface area contributed by atoms with E-state index in [4.69, 9.17) is 9.47 Å². The number of benzene rings is 1. The van der Waals surface area contributed by atoms with Crippen molar-refractivity contribution in [3.05, 3.63) is 29.8 Å². The third kappa shape index (κ3) is 5.31. The highest BCUT2D eigenvalue weighted by molar-refractivity contribution is 5.31. The molecule has 38 heavy (non-hydrogen) atoms. The van der Waals surface area contributed by atoms with E-state index < -0.39 is 0 Å². The number of hydrogen-bond donors (Lipinski definition) is 2. The van der Waals surface area contributed by atoms with Gasteiger partial charge in [-0.15, -0.1) is 0 Å². The Balaban J connectivity index is 1.25. The van der Waals surface area contributed by atoms with Crippen LogP contribution in [0.5, 0.6) is 5.75 Å². The highest BCUT2D eigenvalue weighted by Gasteiger charge is 2.61. The molecule has 2 N–H and O–H groups in total. The molecule has 1 saturated heterocycles. The molecular formula is C34H55NO3. The normalized spacial score (nSPS) is 37.4. The van der Waals surface area contributed by atoms with Gasteiger partial charge in [0, 0.05) is 24.1 Å². The van der Waals surface area contributed by atoms with Gasteiger partial charge in [-0.1, -0.05) is 46.2 Å². The van der Waals surface area contributed by atoms with Crippen molar-refractivity contribution in [2.45, 2.75) is 123 Å². The highest BCUT2D eigenvalue weighted by Crippen LogP contribution is 2.65. The molecule has 0 bridgehead atoms. The molecule has 0 aromatic heterocycles. The quantitative estimate of drug-likeness (QED) is 0.311. The first kappa shape index (κ1) is 28.4. The summed E-state index contributed by atoms with van der Waals surface area (Å²) >= 11 is 0. The highest BCUT2D eigenvalue weighted by atomic mass is 16.5. The molecule has 4 nitrogen and oxygen atoms in total. The van der Waals surface area contributed by atoms with Crippen LogP contribution in [-0.4, -0.2) is 37.1 Å². The summed E-state index contributed by atoms with van der Waals surface area (Å²) in [6.07, 6.45) is 14.0. The summed E-state index contributed by atoms with van der Waals surface area (Å²) in [4.78, 5) is 0. The number of hydrogen-bond acceptors (Lipinski definition) is 4. The van der Waals surface area contributed by atoms with Gasteiger partial charge in [0.15, 0.2) is 0 Å². The van der Waals surface area contributed by atoms with Crippen LogP contribution in [0.25, 0.3) is 0 Å². The molecule has 1 heterocycles. The summed E-state index contributed by atoms with van der Waals surface area (Å²) in [6, 6.07) is 9.73. The predicted octanol–water partition coefficient (Wildman–Crippen LogP) is 7.70. The maximum absolute atomic E-state index is 11.4. The number of rotatable bonds is 11. The molecule has 1 aromatic rings. The van der Waals surface area contributed by atoms with E-state index in [0.717, 1.165) is 75.2 Å². The van der Waals surface area contributed by atoms with Crippen LogP contribution in [0.4, 0.5) is 0 Å². The molecule has 1 aromatic carbocycles. The van der Waals surface area contributed by atoms with E-state index in [1.54, 1.807) is 0 Å². The molecule has 3 saturated carbocycles. The zero-order chi connectivity index (χ0) is 26.8. The minimum Gasteiger partial charge on any atom is -0.494 e. The van der Waals surface area contributed by atoms with Crippen LogP contribution in [0.1, 0.15) is 116 Å². The lowest BCUT2D eigenvalue weighted by molar-refractivity contribution is -0.164. The molecular weight excluding hydrogens is 470 g/mol. The minimum atomic E-state index is -0.172. The molecule has 3 aliphatic carbocycles. The Bertz CT molecular complexity index is 901. The lowest BCUT2D eigenvalue weighted by Gasteiger charge is -2.60. The standard InChI is InChI=1S/C34H55NO3/c1-5-9-31(35-26(6-2)7-3)24-10-8-11-27(22-24)38-21-19-34-18-16-29-28(30(34)14-15-32(34)36)13-12-25-17-20-37-23-33(25,29)4/h8,10-11,22,25-26,28-32,35-36H,5-7,9,12-21,23H2,1-4H3/t25?,28?,29?,30?,31?,32?,33-,34+/m0/s1. The lowest BCUT2D eigenvalue weighted by Crippen LogP contribution is -2.56. The van der Waals surface area contributed by atoms with E-state index in [2.05, 4.69) is 57.3 Å². The first-order valence-electron chi connectivity index (χ1n) is 16.2. The zero-order valence-electron chi connectivity index (χ0n) is 24.7. The number of nitrogens with one attached hydrogen (secondary N) is 1. The van der Waals surface area contributed by atoms with Crippen LogP contribution in [-0.2, 0) is 4.74 Å². The second-order valence-electron chi connectivity index (χ2n) is 13.6. The van der Waals surface area contributed by atoms with Crippen LogP contribution in [0.3, 0.4) is 0 Å². The van der Waals surface area contributed by atoms with Crippen molar-refractivity contribution in [2.24, 2.45) is 34.5 Å². The molecule has 0 radical (unpaired) electrons. The van der Waals surface area contributed by atoms with Crippen molar-refractivity contribution in [2.75, 3.05) is 19.8 Å². The van der Waals surface area contributed by atoms with Gasteiger partial charge in [0.25, 0.3) is 0 Å². The third-order valence-corrected chi connectivity index (χ3v) is 11.9. The number of aliphatic hydroxyl groups excluding tert-OH is 1. The van der Waals surface area contributed by atoms with Crippen molar-refractivity contribution in [1.29, 1.82) is 0 Å². The Labute approximate surface area is 232 Å². The van der Waals surface area contributed by atoms with E-state index in [1.807, 2.05) is 0 Å². The number of ether oxygens (including phenoxy) is 2. The summed E-state index contributed by atoms with van der Waals surface area (Å²) in [5.41, 5.74) is 1.72. The molecule has 4 heteroatoms. The van der Waals surface area contributed by atoms with E-state index >= 15 is 0 Å². The van der Waals surface area contributed by atoms with Gasteiger partial charge in [-0.25, -0.2) is 0 Å². The van der Waals surface area contributed by atoms with Crippen molar-refractivity contribution in [3.63, 3.8) is 0 Å². The van der Waals surface area contributed by atoms with Crippen molar-refractivity contribution in [1.82, 2.24) is 5.32 Å². The number of fused-ring (bicyclic) bond motifs is 5. The molecule has 5 rings (SSSR count). The average molecular weight is 526 g/mol. The summed E-state index contributed by atoms with van der Waals surface area (Å²) in [5.74, 6) is 3.97. The van der Waals surface area contributed by atoms with Crippen LogP contribution in [0, 0.1) is 34.5 Å². The van der Waals surface area contributed by atoms with Crippen LogP contribution < -0.4 is 10.1 Å². The van der Waals surface area contributed by atoms with Crippen LogP contribution in [0.2, 0.25) is 0 Å². The zero-order valence-corrected chi connectivity index (χ0v) is 24.7. The summed E-state index contributed by atoms with van der Waals surface area (Å²) in [6.45, 7) is 12.0. The topological polar surface area (TPSA) is 50.7 Å². The Morgan fingerprint density at radius 3 is 2.68 bits per heavy atom. The van der Waals surface area contributed by atoms with E-state index in [-0.39, 0.29) is 11.5 Å². The molecule has 8 atom stereocenters. The van der Waals surface area contributed by atoms with E-state index in [0.29, 0.717) is 30.0 Å². The summed E-state index contributed by atoms with van der Waals surface area (Å²) in [5, 5.41) is 15.3. The molecule has 0 amide bonds. The average Bonchev–Trinajstić information content (AvgIpc) is 3.27. The Kier molecular flexibility index (Phi) is 9.12. The first-order valence-corrected chi connectivity index (χ1v) is 16.2. The monoisotopic (exact) mass is 525 g/mol.